The summed E-state index contributed by atoms with van der Waals surface area (Å²) in [6.07, 6.45) is 1.87. The van der Waals surface area contributed by atoms with E-state index in [4.69, 9.17) is 14.2 Å². The molecule has 6 heteroatoms. The van der Waals surface area contributed by atoms with Gasteiger partial charge in [0, 0.05) is 11.1 Å². The summed E-state index contributed by atoms with van der Waals surface area (Å²) in [6.45, 7) is 4.09. The fraction of sp³-hybridized carbons (Fsp3) is 0.190. The normalized spacial score (nSPS) is 21.6. The lowest BCUT2D eigenvalue weighted by Gasteiger charge is -2.23. The summed E-state index contributed by atoms with van der Waals surface area (Å²) in [4.78, 5) is 12.5. The number of nitrogens with one attached hydrogen (secondary N) is 1. The van der Waals surface area contributed by atoms with Crippen LogP contribution in [0, 0.1) is 5.82 Å². The van der Waals surface area contributed by atoms with Gasteiger partial charge in [0.1, 0.15) is 17.2 Å². The van der Waals surface area contributed by atoms with Crippen LogP contribution in [-0.2, 0) is 9.53 Å². The Kier molecular flexibility index (Phi) is 3.16. The SMILES string of the molecule is CC1(C)OC(=C2C(=O)Nc3cc(F)ccc32)C=C1c1ccc2c(c1)OCO2. The third-order valence-corrected chi connectivity index (χ3v) is 4.95. The van der Waals surface area contributed by atoms with Crippen LogP contribution in [0.5, 0.6) is 11.5 Å². The molecule has 0 radical (unpaired) electrons. The number of benzene rings is 2. The van der Waals surface area contributed by atoms with Gasteiger partial charge in [0.25, 0.3) is 5.91 Å². The van der Waals surface area contributed by atoms with E-state index in [1.54, 1.807) is 6.07 Å². The molecule has 0 atom stereocenters. The van der Waals surface area contributed by atoms with Gasteiger partial charge in [-0.05, 0) is 55.8 Å². The zero-order chi connectivity index (χ0) is 18.8. The number of hydrogen-bond donors (Lipinski definition) is 1. The molecule has 0 bridgehead atoms. The van der Waals surface area contributed by atoms with Crippen molar-refractivity contribution in [3.63, 3.8) is 0 Å². The molecule has 0 saturated carbocycles. The number of rotatable bonds is 1. The first-order chi connectivity index (χ1) is 12.9. The van der Waals surface area contributed by atoms with Crippen molar-refractivity contribution in [2.45, 2.75) is 19.4 Å². The number of amides is 1. The molecule has 1 N–H and O–H groups in total. The summed E-state index contributed by atoms with van der Waals surface area (Å²) in [6, 6.07) is 9.94. The van der Waals surface area contributed by atoms with Gasteiger partial charge in [-0.1, -0.05) is 6.07 Å². The average molecular weight is 365 g/mol. The van der Waals surface area contributed by atoms with Gasteiger partial charge in [0.15, 0.2) is 11.5 Å². The lowest BCUT2D eigenvalue weighted by molar-refractivity contribution is -0.111. The van der Waals surface area contributed by atoms with Crippen LogP contribution in [0.1, 0.15) is 25.0 Å². The quantitative estimate of drug-likeness (QED) is 0.773. The van der Waals surface area contributed by atoms with Gasteiger partial charge in [0.2, 0.25) is 6.79 Å². The Labute approximate surface area is 155 Å². The second kappa shape index (κ2) is 5.36. The van der Waals surface area contributed by atoms with Crippen molar-refractivity contribution in [3.05, 3.63) is 65.2 Å². The van der Waals surface area contributed by atoms with Crippen molar-refractivity contribution >= 4 is 22.7 Å². The van der Waals surface area contributed by atoms with E-state index in [0.717, 1.165) is 11.1 Å². The minimum Gasteiger partial charge on any atom is -0.482 e. The Balaban J connectivity index is 1.64. The van der Waals surface area contributed by atoms with E-state index in [1.165, 1.54) is 12.1 Å². The molecular formula is C21H16FNO4. The predicted molar refractivity (Wildman–Crippen MR) is 97.7 cm³/mol. The monoisotopic (exact) mass is 365 g/mol. The molecule has 0 unspecified atom stereocenters. The second-order valence-corrected chi connectivity index (χ2v) is 7.12. The number of fused-ring (bicyclic) bond motifs is 2. The van der Waals surface area contributed by atoms with E-state index >= 15 is 0 Å². The molecule has 3 heterocycles. The number of halogens is 1. The highest BCUT2D eigenvalue weighted by atomic mass is 19.1. The lowest BCUT2D eigenvalue weighted by Crippen LogP contribution is -2.21. The van der Waals surface area contributed by atoms with Crippen molar-refractivity contribution in [2.24, 2.45) is 0 Å². The number of hydrogen-bond acceptors (Lipinski definition) is 4. The van der Waals surface area contributed by atoms with E-state index in [2.05, 4.69) is 5.32 Å². The molecule has 1 amide bonds. The molecular weight excluding hydrogens is 349 g/mol. The number of ether oxygens (including phenoxy) is 3. The Morgan fingerprint density at radius 2 is 1.89 bits per heavy atom. The van der Waals surface area contributed by atoms with Crippen LogP contribution in [-0.4, -0.2) is 18.3 Å². The standard InChI is InChI=1S/C21H16FNO4/c1-21(2)14(11-3-6-16-17(7-11)26-10-25-16)9-18(27-21)19-13-5-4-12(22)8-15(13)23-20(19)24/h3-9H,10H2,1-2H3,(H,23,24). The van der Waals surface area contributed by atoms with E-state index in [1.807, 2.05) is 38.1 Å². The fourth-order valence-electron chi connectivity index (χ4n) is 3.67. The zero-order valence-electron chi connectivity index (χ0n) is 14.8. The summed E-state index contributed by atoms with van der Waals surface area (Å²) in [5.41, 5.74) is 2.71. The van der Waals surface area contributed by atoms with E-state index in [-0.39, 0.29) is 12.7 Å². The average Bonchev–Trinajstić information content (AvgIpc) is 3.28. The summed E-state index contributed by atoms with van der Waals surface area (Å²) >= 11 is 0. The lowest BCUT2D eigenvalue weighted by atomic mass is 9.92. The van der Waals surface area contributed by atoms with Crippen molar-refractivity contribution < 1.29 is 23.4 Å². The summed E-state index contributed by atoms with van der Waals surface area (Å²) < 4.78 is 30.4. The smallest absolute Gasteiger partial charge is 0.260 e. The van der Waals surface area contributed by atoms with Crippen molar-refractivity contribution in [3.8, 4) is 11.5 Å². The van der Waals surface area contributed by atoms with E-state index < -0.39 is 11.4 Å². The van der Waals surface area contributed by atoms with Crippen molar-refractivity contribution in [2.75, 3.05) is 12.1 Å². The van der Waals surface area contributed by atoms with Gasteiger partial charge in [-0.25, -0.2) is 4.39 Å². The van der Waals surface area contributed by atoms with Gasteiger partial charge in [-0.2, -0.15) is 0 Å². The first-order valence-electron chi connectivity index (χ1n) is 8.59. The Bertz CT molecular complexity index is 1070. The summed E-state index contributed by atoms with van der Waals surface area (Å²) in [7, 11) is 0. The molecule has 2 aromatic carbocycles. The van der Waals surface area contributed by atoms with Gasteiger partial charge in [-0.3, -0.25) is 4.79 Å². The van der Waals surface area contributed by atoms with Crippen LogP contribution in [0.3, 0.4) is 0 Å². The highest BCUT2D eigenvalue weighted by Crippen LogP contribution is 2.46. The third kappa shape index (κ3) is 2.40. The summed E-state index contributed by atoms with van der Waals surface area (Å²) in [5.74, 6) is 1.16. The number of carbonyl (C=O) groups excluding carboxylic acids is 1. The topological polar surface area (TPSA) is 56.8 Å². The molecule has 5 rings (SSSR count). The minimum absolute atomic E-state index is 0.209. The van der Waals surface area contributed by atoms with Gasteiger partial charge < -0.3 is 19.5 Å². The highest BCUT2D eigenvalue weighted by Gasteiger charge is 2.38. The second-order valence-electron chi connectivity index (χ2n) is 7.12. The van der Waals surface area contributed by atoms with Crippen LogP contribution in [0.15, 0.2) is 48.2 Å². The van der Waals surface area contributed by atoms with Crippen LogP contribution in [0.2, 0.25) is 0 Å². The first kappa shape index (κ1) is 15.9. The molecule has 0 spiro atoms. The molecule has 3 aliphatic rings. The Hall–Kier alpha value is -3.28. The largest absolute Gasteiger partial charge is 0.482 e. The summed E-state index contributed by atoms with van der Waals surface area (Å²) in [5, 5.41) is 2.70. The molecule has 0 aliphatic carbocycles. The highest BCUT2D eigenvalue weighted by molar-refractivity contribution is 6.32. The number of carbonyl (C=O) groups is 1. The molecule has 3 aliphatic heterocycles. The van der Waals surface area contributed by atoms with Crippen LogP contribution in [0.25, 0.3) is 11.1 Å². The van der Waals surface area contributed by atoms with Crippen LogP contribution in [0.4, 0.5) is 10.1 Å². The number of anilines is 1. The maximum Gasteiger partial charge on any atom is 0.260 e. The maximum atomic E-state index is 13.5. The van der Waals surface area contributed by atoms with Crippen LogP contribution < -0.4 is 14.8 Å². The predicted octanol–water partition coefficient (Wildman–Crippen LogP) is 4.11. The molecule has 0 aromatic heterocycles. The van der Waals surface area contributed by atoms with Gasteiger partial charge in [0.05, 0.1) is 11.3 Å². The molecule has 2 aromatic rings. The van der Waals surface area contributed by atoms with E-state index in [0.29, 0.717) is 34.1 Å². The fourth-order valence-corrected chi connectivity index (χ4v) is 3.67. The first-order valence-corrected chi connectivity index (χ1v) is 8.59. The van der Waals surface area contributed by atoms with Gasteiger partial charge >= 0.3 is 0 Å². The van der Waals surface area contributed by atoms with Crippen molar-refractivity contribution in [1.82, 2.24) is 0 Å². The van der Waals surface area contributed by atoms with Gasteiger partial charge in [-0.15, -0.1) is 0 Å². The number of allylic oxidation sites excluding steroid dienone is 1. The Morgan fingerprint density at radius 1 is 1.07 bits per heavy atom. The van der Waals surface area contributed by atoms with Crippen LogP contribution >= 0.6 is 0 Å². The molecule has 0 fully saturated rings. The van der Waals surface area contributed by atoms with Crippen molar-refractivity contribution in [1.29, 1.82) is 0 Å². The molecule has 27 heavy (non-hydrogen) atoms. The maximum absolute atomic E-state index is 13.5. The zero-order valence-corrected chi connectivity index (χ0v) is 14.8. The third-order valence-electron chi connectivity index (χ3n) is 4.95. The molecule has 0 saturated heterocycles. The van der Waals surface area contributed by atoms with E-state index in [9.17, 15) is 9.18 Å². The molecule has 136 valence electrons. The minimum atomic E-state index is -0.640. The molecule has 5 nitrogen and oxygen atoms in total. The Morgan fingerprint density at radius 3 is 2.74 bits per heavy atom.